The fourth-order valence-electron chi connectivity index (χ4n) is 6.34. The monoisotopic (exact) mass is 533 g/mol. The minimum atomic E-state index is -2.46. The van der Waals surface area contributed by atoms with E-state index in [1.54, 1.807) is 14.2 Å². The van der Waals surface area contributed by atoms with Crippen molar-refractivity contribution in [1.82, 2.24) is 5.16 Å². The van der Waals surface area contributed by atoms with Crippen LogP contribution in [0.5, 0.6) is 11.5 Å². The SMILES string of the molecule is CC[Si](CC)(CC)O[C@]12C(=O)CC(=O)c3c(C)cc4onc(c4c31)-c1c(OC)cc(OC)c(C=C(C)C)c12. The number of allylic oxidation sites excluding steroid dienone is 1. The quantitative estimate of drug-likeness (QED) is 0.228. The highest BCUT2D eigenvalue weighted by Crippen LogP contribution is 2.60. The molecule has 2 aliphatic carbocycles. The van der Waals surface area contributed by atoms with Crippen LogP contribution >= 0.6 is 0 Å². The Kier molecular flexibility index (Phi) is 6.39. The summed E-state index contributed by atoms with van der Waals surface area (Å²) < 4.78 is 25.0. The van der Waals surface area contributed by atoms with E-state index in [9.17, 15) is 9.59 Å². The number of Topliss-reactive ketones (excluding diaryl/α,β-unsaturated/α-hetero) is 2. The Bertz CT molecular complexity index is 1520. The molecule has 7 nitrogen and oxygen atoms in total. The number of methoxy groups -OCH3 is 2. The lowest BCUT2D eigenvalue weighted by Crippen LogP contribution is -2.54. The first-order chi connectivity index (χ1) is 18.1. The second-order valence-corrected chi connectivity index (χ2v) is 15.3. The maximum absolute atomic E-state index is 14.6. The highest BCUT2D eigenvalue weighted by molar-refractivity contribution is 6.74. The largest absolute Gasteiger partial charge is 0.496 e. The lowest BCUT2D eigenvalue weighted by atomic mass is 9.65. The van der Waals surface area contributed by atoms with Crippen molar-refractivity contribution in [2.45, 2.75) is 71.7 Å². The summed E-state index contributed by atoms with van der Waals surface area (Å²) in [4.78, 5) is 28.1. The molecular weight excluding hydrogens is 498 g/mol. The number of ketones is 2. The van der Waals surface area contributed by atoms with Gasteiger partial charge in [-0.05, 0) is 50.5 Å². The number of aromatic nitrogens is 1. The number of ether oxygens (including phenoxy) is 2. The van der Waals surface area contributed by atoms with E-state index in [1.165, 1.54) is 0 Å². The fraction of sp³-hybridized carbons (Fsp3) is 0.433. The zero-order valence-electron chi connectivity index (χ0n) is 23.5. The fourth-order valence-corrected chi connectivity index (χ4v) is 9.24. The molecule has 0 aliphatic heterocycles. The van der Waals surface area contributed by atoms with Gasteiger partial charge >= 0.3 is 0 Å². The third kappa shape index (κ3) is 3.39. The summed E-state index contributed by atoms with van der Waals surface area (Å²) in [5.41, 5.74) is 4.44. The van der Waals surface area contributed by atoms with E-state index in [0.29, 0.717) is 50.4 Å². The molecule has 0 bridgehead atoms. The molecule has 1 atom stereocenters. The third-order valence-corrected chi connectivity index (χ3v) is 13.0. The van der Waals surface area contributed by atoms with E-state index in [4.69, 9.17) is 18.4 Å². The van der Waals surface area contributed by atoms with Gasteiger partial charge in [-0.2, -0.15) is 0 Å². The molecule has 5 rings (SSSR count). The molecule has 38 heavy (non-hydrogen) atoms. The Labute approximate surface area is 224 Å². The average Bonchev–Trinajstić information content (AvgIpc) is 3.31. The molecule has 0 amide bonds. The summed E-state index contributed by atoms with van der Waals surface area (Å²) in [5.74, 6) is 0.606. The molecule has 0 fully saturated rings. The summed E-state index contributed by atoms with van der Waals surface area (Å²) in [6, 6.07) is 6.16. The first-order valence-corrected chi connectivity index (χ1v) is 15.8. The van der Waals surface area contributed by atoms with Gasteiger partial charge in [0.2, 0.25) is 0 Å². The number of nitrogens with zero attached hydrogens (tertiary/aromatic N) is 1. The lowest BCUT2D eigenvalue weighted by molar-refractivity contribution is -0.132. The Morgan fingerprint density at radius 3 is 2.26 bits per heavy atom. The molecule has 0 saturated carbocycles. The number of carbonyl (C=O) groups excluding carboxylic acids is 2. The Hall–Kier alpha value is -3.23. The normalized spacial score (nSPS) is 18.0. The molecule has 0 unspecified atom stereocenters. The van der Waals surface area contributed by atoms with Crippen molar-refractivity contribution in [3.63, 3.8) is 0 Å². The van der Waals surface area contributed by atoms with Gasteiger partial charge in [0.05, 0.1) is 31.6 Å². The summed E-state index contributed by atoms with van der Waals surface area (Å²) in [6.45, 7) is 12.3. The maximum Gasteiger partial charge on any atom is 0.194 e. The van der Waals surface area contributed by atoms with Crippen LogP contribution in [0.1, 0.15) is 73.7 Å². The maximum atomic E-state index is 14.6. The van der Waals surface area contributed by atoms with Crippen LogP contribution in [0, 0.1) is 6.92 Å². The second kappa shape index (κ2) is 9.20. The topological polar surface area (TPSA) is 87.9 Å². The summed E-state index contributed by atoms with van der Waals surface area (Å²) >= 11 is 0. The smallest absolute Gasteiger partial charge is 0.194 e. The average molecular weight is 534 g/mol. The predicted octanol–water partition coefficient (Wildman–Crippen LogP) is 6.98. The van der Waals surface area contributed by atoms with Gasteiger partial charge in [-0.3, -0.25) is 9.59 Å². The van der Waals surface area contributed by atoms with Crippen LogP contribution in [0.15, 0.2) is 22.2 Å². The van der Waals surface area contributed by atoms with Crippen LogP contribution in [-0.2, 0) is 14.8 Å². The van der Waals surface area contributed by atoms with Gasteiger partial charge in [-0.25, -0.2) is 0 Å². The summed E-state index contributed by atoms with van der Waals surface area (Å²) in [7, 11) is 0.736. The van der Waals surface area contributed by atoms with Crippen molar-refractivity contribution < 1.29 is 28.0 Å². The second-order valence-electron chi connectivity index (χ2n) is 10.6. The van der Waals surface area contributed by atoms with E-state index < -0.39 is 13.9 Å². The van der Waals surface area contributed by atoms with Crippen LogP contribution in [-0.4, -0.2) is 39.3 Å². The standard InChI is InChI=1S/C30H35NO6Si/c1-9-38(10-2,11-3)37-30-23(33)14-19(32)24-17(6)13-22-26(28(24)30)29(31-36-22)25-21(35-8)15-20(34-7)18(27(25)30)12-16(4)5/h12-13,15H,9-11,14H2,1-8H3/t30-/m0/s1. The molecule has 2 aliphatic rings. The number of carbonyl (C=O) groups is 2. The van der Waals surface area contributed by atoms with Gasteiger partial charge in [-0.1, -0.05) is 37.6 Å². The minimum Gasteiger partial charge on any atom is -0.496 e. The van der Waals surface area contributed by atoms with E-state index >= 15 is 0 Å². The molecule has 2 aromatic carbocycles. The molecule has 1 heterocycles. The van der Waals surface area contributed by atoms with E-state index in [0.717, 1.165) is 34.8 Å². The van der Waals surface area contributed by atoms with E-state index in [2.05, 4.69) is 25.9 Å². The first-order valence-electron chi connectivity index (χ1n) is 13.3. The molecule has 0 N–H and O–H groups in total. The number of hydrogen-bond donors (Lipinski definition) is 0. The molecule has 0 saturated heterocycles. The Morgan fingerprint density at radius 2 is 1.68 bits per heavy atom. The number of benzene rings is 2. The van der Waals surface area contributed by atoms with Crippen molar-refractivity contribution in [1.29, 1.82) is 0 Å². The van der Waals surface area contributed by atoms with Crippen LogP contribution in [0.2, 0.25) is 18.1 Å². The molecule has 3 aromatic rings. The van der Waals surface area contributed by atoms with Gasteiger partial charge in [-0.15, -0.1) is 0 Å². The summed E-state index contributed by atoms with van der Waals surface area (Å²) in [5, 5.41) is 5.13. The molecular formula is C30H35NO6Si. The van der Waals surface area contributed by atoms with Gasteiger partial charge < -0.3 is 18.4 Å². The summed E-state index contributed by atoms with van der Waals surface area (Å²) in [6.07, 6.45) is 1.77. The molecule has 0 radical (unpaired) electrons. The van der Waals surface area contributed by atoms with Gasteiger partial charge in [0.1, 0.15) is 17.2 Å². The number of hydrogen-bond acceptors (Lipinski definition) is 7. The highest BCUT2D eigenvalue weighted by Gasteiger charge is 2.59. The highest BCUT2D eigenvalue weighted by atomic mass is 28.4. The molecule has 0 spiro atoms. The van der Waals surface area contributed by atoms with Crippen LogP contribution in [0.3, 0.4) is 0 Å². The van der Waals surface area contributed by atoms with Crippen molar-refractivity contribution >= 4 is 36.9 Å². The van der Waals surface area contributed by atoms with E-state index in [1.807, 2.05) is 39.0 Å². The van der Waals surface area contributed by atoms with Crippen LogP contribution in [0.4, 0.5) is 0 Å². The van der Waals surface area contributed by atoms with Gasteiger partial charge in [0.25, 0.3) is 0 Å². The number of aryl methyl sites for hydroxylation is 1. The van der Waals surface area contributed by atoms with Crippen molar-refractivity contribution in [2.75, 3.05) is 14.2 Å². The van der Waals surface area contributed by atoms with E-state index in [-0.39, 0.29) is 18.0 Å². The molecule has 200 valence electrons. The Balaban J connectivity index is 2.11. The zero-order valence-corrected chi connectivity index (χ0v) is 24.5. The number of fused-ring (bicyclic) bond motifs is 3. The van der Waals surface area contributed by atoms with Crippen molar-refractivity contribution in [2.24, 2.45) is 0 Å². The predicted molar refractivity (Wildman–Crippen MR) is 150 cm³/mol. The van der Waals surface area contributed by atoms with Crippen LogP contribution < -0.4 is 9.47 Å². The molecule has 1 aromatic heterocycles. The third-order valence-electron chi connectivity index (χ3n) is 8.36. The van der Waals surface area contributed by atoms with Crippen molar-refractivity contribution in [3.8, 4) is 22.8 Å². The van der Waals surface area contributed by atoms with Gasteiger partial charge in [0, 0.05) is 28.3 Å². The minimum absolute atomic E-state index is 0.199. The zero-order chi connectivity index (χ0) is 27.6. The first kappa shape index (κ1) is 26.4. The number of rotatable bonds is 8. The van der Waals surface area contributed by atoms with Crippen molar-refractivity contribution in [3.05, 3.63) is 45.5 Å². The molecule has 8 heteroatoms. The van der Waals surface area contributed by atoms with Crippen LogP contribution in [0.25, 0.3) is 28.3 Å². The Morgan fingerprint density at radius 1 is 1.03 bits per heavy atom. The lowest BCUT2D eigenvalue weighted by Gasteiger charge is -2.47. The van der Waals surface area contributed by atoms with Gasteiger partial charge in [0.15, 0.2) is 31.1 Å².